The fraction of sp³-hybridized carbons (Fsp3) is 0.240. The van der Waals surface area contributed by atoms with E-state index in [0.717, 1.165) is 12.1 Å². The van der Waals surface area contributed by atoms with Gasteiger partial charge in [0, 0.05) is 18.8 Å². The van der Waals surface area contributed by atoms with Gasteiger partial charge in [-0.1, -0.05) is 43.6 Å². The molecule has 0 spiro atoms. The number of hydrogen-bond donors (Lipinski definition) is 1. The molecule has 0 saturated heterocycles. The molecule has 210 valence electrons. The summed E-state index contributed by atoms with van der Waals surface area (Å²) in [5, 5.41) is 1.82. The molecule has 0 unspecified atom stereocenters. The summed E-state index contributed by atoms with van der Waals surface area (Å²) in [4.78, 5) is 12.7. The maximum Gasteiger partial charge on any atom is 0.417 e. The highest BCUT2D eigenvalue weighted by Gasteiger charge is 2.35. The van der Waals surface area contributed by atoms with Crippen LogP contribution in [0.25, 0.3) is 0 Å². The number of carbonyl (C=O) groups excluding carboxylic acids is 1. The van der Waals surface area contributed by atoms with Crippen molar-refractivity contribution in [1.82, 2.24) is 4.31 Å². The molecule has 1 N–H and O–H groups in total. The van der Waals surface area contributed by atoms with E-state index in [2.05, 4.69) is 5.32 Å². The third-order valence-corrected chi connectivity index (χ3v) is 9.82. The summed E-state index contributed by atoms with van der Waals surface area (Å²) in [5.41, 5.74) is -1.53. The molecule has 0 aliphatic rings. The van der Waals surface area contributed by atoms with E-state index in [4.69, 9.17) is 11.6 Å². The van der Waals surface area contributed by atoms with E-state index in [1.165, 1.54) is 52.8 Å². The van der Waals surface area contributed by atoms with Gasteiger partial charge in [0.1, 0.15) is 6.54 Å². The van der Waals surface area contributed by atoms with Crippen LogP contribution in [0.4, 0.5) is 24.5 Å². The highest BCUT2D eigenvalue weighted by Crippen LogP contribution is 2.38. The van der Waals surface area contributed by atoms with Gasteiger partial charge in [-0.2, -0.15) is 17.5 Å². The minimum absolute atomic E-state index is 0.00155. The number of halogens is 4. The third kappa shape index (κ3) is 6.90. The Morgan fingerprint density at radius 1 is 0.846 bits per heavy atom. The highest BCUT2D eigenvalue weighted by molar-refractivity contribution is 7.92. The number of nitrogens with zero attached hydrogens (tertiary/aromatic N) is 2. The Hall–Kier alpha value is -3.13. The van der Waals surface area contributed by atoms with Crippen LogP contribution in [0.5, 0.6) is 0 Å². The summed E-state index contributed by atoms with van der Waals surface area (Å²) >= 11 is 5.70. The molecule has 0 aliphatic heterocycles. The number of hydrogen-bond acceptors (Lipinski definition) is 5. The van der Waals surface area contributed by atoms with Crippen molar-refractivity contribution in [2.45, 2.75) is 29.8 Å². The van der Waals surface area contributed by atoms with E-state index >= 15 is 0 Å². The van der Waals surface area contributed by atoms with Crippen molar-refractivity contribution in [2.75, 3.05) is 29.3 Å². The van der Waals surface area contributed by atoms with Crippen molar-refractivity contribution in [3.63, 3.8) is 0 Å². The standard InChI is InChI=1S/C25H25ClF3N3O5S2/c1-3-31(4-2)38(34,35)21-13-10-18(11-14-21)30-24(33)17-32(39(36,37)20-8-6-5-7-9-20)19-12-15-23(26)22(16-19)25(27,28)29/h5-16H,3-4,17H2,1-2H3,(H,30,33). The molecule has 3 rings (SSSR count). The average molecular weight is 604 g/mol. The molecule has 14 heteroatoms. The summed E-state index contributed by atoms with van der Waals surface area (Å²) < 4.78 is 94.4. The molecule has 0 aromatic heterocycles. The predicted octanol–water partition coefficient (Wildman–Crippen LogP) is 5.22. The average Bonchev–Trinajstić information content (AvgIpc) is 2.88. The summed E-state index contributed by atoms with van der Waals surface area (Å²) in [5.74, 6) is -0.877. The first kappa shape index (κ1) is 30.4. The molecule has 3 aromatic carbocycles. The molecule has 0 saturated carbocycles. The van der Waals surface area contributed by atoms with Gasteiger partial charge in [0.05, 0.1) is 26.1 Å². The van der Waals surface area contributed by atoms with Crippen molar-refractivity contribution in [1.29, 1.82) is 0 Å². The van der Waals surface area contributed by atoms with Crippen molar-refractivity contribution in [3.8, 4) is 0 Å². The topological polar surface area (TPSA) is 104 Å². The van der Waals surface area contributed by atoms with Crippen LogP contribution in [0.2, 0.25) is 5.02 Å². The number of rotatable bonds is 10. The van der Waals surface area contributed by atoms with Gasteiger partial charge in [-0.15, -0.1) is 0 Å². The fourth-order valence-electron chi connectivity index (χ4n) is 3.67. The first-order valence-electron chi connectivity index (χ1n) is 11.6. The smallest absolute Gasteiger partial charge is 0.325 e. The number of carbonyl (C=O) groups is 1. The second kappa shape index (κ2) is 11.9. The fourth-order valence-corrected chi connectivity index (χ4v) is 6.79. The lowest BCUT2D eigenvalue weighted by Gasteiger charge is -2.25. The molecule has 0 radical (unpaired) electrons. The van der Waals surface area contributed by atoms with Crippen molar-refractivity contribution in [2.24, 2.45) is 0 Å². The Balaban J connectivity index is 1.94. The second-order valence-electron chi connectivity index (χ2n) is 8.15. The molecule has 1 amide bonds. The first-order valence-corrected chi connectivity index (χ1v) is 14.8. The predicted molar refractivity (Wildman–Crippen MR) is 143 cm³/mol. The van der Waals surface area contributed by atoms with Gasteiger partial charge in [0.15, 0.2) is 0 Å². The molecular formula is C25H25ClF3N3O5S2. The van der Waals surface area contributed by atoms with Crippen LogP contribution in [-0.2, 0) is 31.0 Å². The van der Waals surface area contributed by atoms with Gasteiger partial charge in [0.2, 0.25) is 15.9 Å². The molecule has 0 fully saturated rings. The molecule has 3 aromatic rings. The summed E-state index contributed by atoms with van der Waals surface area (Å²) in [6.07, 6.45) is -4.87. The van der Waals surface area contributed by atoms with Crippen LogP contribution >= 0.6 is 11.6 Å². The summed E-state index contributed by atoms with van der Waals surface area (Å²) in [6, 6.07) is 14.7. The zero-order valence-corrected chi connectivity index (χ0v) is 23.2. The Morgan fingerprint density at radius 2 is 1.41 bits per heavy atom. The Bertz CT molecular complexity index is 1530. The van der Waals surface area contributed by atoms with Crippen molar-refractivity contribution < 1.29 is 34.8 Å². The van der Waals surface area contributed by atoms with Gasteiger partial charge < -0.3 is 5.32 Å². The van der Waals surface area contributed by atoms with E-state index in [1.54, 1.807) is 19.9 Å². The SMILES string of the molecule is CCN(CC)S(=O)(=O)c1ccc(NC(=O)CN(c2ccc(Cl)c(C(F)(F)F)c2)S(=O)(=O)c2ccccc2)cc1. The molecule has 0 aliphatic carbocycles. The maximum atomic E-state index is 13.5. The number of alkyl halides is 3. The van der Waals surface area contributed by atoms with E-state index < -0.39 is 54.9 Å². The summed E-state index contributed by atoms with van der Waals surface area (Å²) in [7, 11) is -8.22. The van der Waals surface area contributed by atoms with Crippen LogP contribution in [-0.4, -0.2) is 46.7 Å². The van der Waals surface area contributed by atoms with E-state index in [9.17, 15) is 34.8 Å². The monoisotopic (exact) mass is 603 g/mol. The van der Waals surface area contributed by atoms with E-state index in [1.807, 2.05) is 0 Å². The van der Waals surface area contributed by atoms with Gasteiger partial charge in [-0.05, 0) is 54.6 Å². The van der Waals surface area contributed by atoms with E-state index in [-0.39, 0.29) is 28.6 Å². The zero-order chi connectivity index (χ0) is 29.0. The normalized spacial score (nSPS) is 12.4. The quantitative estimate of drug-likeness (QED) is 0.342. The molecule has 0 heterocycles. The third-order valence-electron chi connectivity index (χ3n) is 5.64. The molecule has 39 heavy (non-hydrogen) atoms. The number of benzene rings is 3. The molecule has 8 nitrogen and oxygen atoms in total. The summed E-state index contributed by atoms with van der Waals surface area (Å²) in [6.45, 7) is 3.05. The van der Waals surface area contributed by atoms with E-state index in [0.29, 0.717) is 10.4 Å². The van der Waals surface area contributed by atoms with Gasteiger partial charge in [-0.3, -0.25) is 9.10 Å². The van der Waals surface area contributed by atoms with Crippen molar-refractivity contribution >= 4 is 48.9 Å². The molecular weight excluding hydrogens is 579 g/mol. The minimum Gasteiger partial charge on any atom is -0.325 e. The van der Waals surface area contributed by atoms with Crippen LogP contribution in [0.3, 0.4) is 0 Å². The lowest BCUT2D eigenvalue weighted by molar-refractivity contribution is -0.137. The van der Waals surface area contributed by atoms with Gasteiger partial charge in [-0.25, -0.2) is 16.8 Å². The largest absolute Gasteiger partial charge is 0.417 e. The minimum atomic E-state index is -4.87. The molecule has 0 bridgehead atoms. The van der Waals surface area contributed by atoms with Crippen LogP contribution < -0.4 is 9.62 Å². The van der Waals surface area contributed by atoms with Crippen LogP contribution in [0.15, 0.2) is 82.6 Å². The number of anilines is 2. The first-order chi connectivity index (χ1) is 18.2. The van der Waals surface area contributed by atoms with Gasteiger partial charge in [0.25, 0.3) is 10.0 Å². The highest BCUT2D eigenvalue weighted by atomic mass is 35.5. The van der Waals surface area contributed by atoms with Crippen molar-refractivity contribution in [3.05, 3.63) is 83.4 Å². The van der Waals surface area contributed by atoms with Gasteiger partial charge >= 0.3 is 6.18 Å². The van der Waals surface area contributed by atoms with Crippen LogP contribution in [0, 0.1) is 0 Å². The Morgan fingerprint density at radius 3 is 1.95 bits per heavy atom. The second-order valence-corrected chi connectivity index (χ2v) is 12.4. The number of amides is 1. The molecule has 0 atom stereocenters. The van der Waals surface area contributed by atoms with Crippen LogP contribution in [0.1, 0.15) is 19.4 Å². The number of nitrogens with one attached hydrogen (secondary N) is 1. The number of sulfonamides is 2. The maximum absolute atomic E-state index is 13.5. The zero-order valence-electron chi connectivity index (χ0n) is 20.8. The Labute approximate surface area is 230 Å². The lowest BCUT2D eigenvalue weighted by atomic mass is 10.2. The lowest BCUT2D eigenvalue weighted by Crippen LogP contribution is -2.38. The Kier molecular flexibility index (Phi) is 9.31.